The molecule has 212 valence electrons. The maximum Gasteiger partial charge on any atom is 0.511 e. The molecule has 12 heteroatoms. The van der Waals surface area contributed by atoms with Crippen molar-refractivity contribution in [2.75, 3.05) is 32.1 Å². The van der Waals surface area contributed by atoms with Gasteiger partial charge in [0.2, 0.25) is 0 Å². The minimum absolute atomic E-state index is 0.0148. The number of pyridine rings is 1. The third-order valence-corrected chi connectivity index (χ3v) is 7.26. The average Bonchev–Trinajstić information content (AvgIpc) is 2.95. The number of rotatable bonds is 15. The average molecular weight is 561 g/mol. The molecular weight excluding hydrogens is 523 g/mol. The Labute approximate surface area is 229 Å². The van der Waals surface area contributed by atoms with Crippen LogP contribution in [0.2, 0.25) is 0 Å². The van der Waals surface area contributed by atoms with Crippen LogP contribution in [0.1, 0.15) is 58.1 Å². The molecule has 11 nitrogen and oxygen atoms in total. The first kappa shape index (κ1) is 30.5. The molecule has 1 amide bonds. The van der Waals surface area contributed by atoms with Gasteiger partial charge in [0.15, 0.2) is 0 Å². The number of carbonyl (C=O) groups excluding carboxylic acids is 2. The molecule has 1 N–H and O–H groups in total. The summed E-state index contributed by atoms with van der Waals surface area (Å²) in [5.74, 6) is -1.46. The lowest BCUT2D eigenvalue weighted by Gasteiger charge is -2.42. The SMILES string of the molecule is CCCCOP(=O)(OCCCC)OOC(=O)C1=C(Nc2cccnc2)C(=O)N(CC)N(C)C1c1ccccc1. The number of aromatic nitrogens is 1. The largest absolute Gasteiger partial charge is 0.511 e. The molecule has 1 aliphatic rings. The molecule has 1 atom stereocenters. The smallest absolute Gasteiger partial charge is 0.349 e. The summed E-state index contributed by atoms with van der Waals surface area (Å²) in [7, 11) is -2.51. The van der Waals surface area contributed by atoms with Crippen LogP contribution < -0.4 is 5.32 Å². The van der Waals surface area contributed by atoms with Crippen LogP contribution in [0.4, 0.5) is 5.69 Å². The van der Waals surface area contributed by atoms with Crippen LogP contribution >= 0.6 is 7.82 Å². The molecular formula is C27H37N4O7P. The summed E-state index contributed by atoms with van der Waals surface area (Å²) >= 11 is 0. The lowest BCUT2D eigenvalue weighted by atomic mass is 9.94. The van der Waals surface area contributed by atoms with Gasteiger partial charge in [0.25, 0.3) is 5.91 Å². The van der Waals surface area contributed by atoms with Crippen molar-refractivity contribution in [3.8, 4) is 0 Å². The van der Waals surface area contributed by atoms with Gasteiger partial charge in [0.05, 0.1) is 36.7 Å². The molecule has 0 bridgehead atoms. The highest BCUT2D eigenvalue weighted by molar-refractivity contribution is 7.48. The molecule has 2 heterocycles. The minimum atomic E-state index is -4.22. The zero-order chi connectivity index (χ0) is 28.3. The Hall–Kier alpha value is -3.08. The fraction of sp³-hybridized carbons (Fsp3) is 0.444. The van der Waals surface area contributed by atoms with Crippen molar-refractivity contribution in [1.82, 2.24) is 15.0 Å². The summed E-state index contributed by atoms with van der Waals surface area (Å²) in [5.41, 5.74) is 1.18. The van der Waals surface area contributed by atoms with Crippen LogP contribution in [0, 0.1) is 0 Å². The van der Waals surface area contributed by atoms with Gasteiger partial charge < -0.3 is 5.32 Å². The predicted molar refractivity (Wildman–Crippen MR) is 146 cm³/mol. The monoisotopic (exact) mass is 560 g/mol. The van der Waals surface area contributed by atoms with Crippen molar-refractivity contribution < 1.29 is 32.8 Å². The van der Waals surface area contributed by atoms with E-state index in [4.69, 9.17) is 18.6 Å². The highest BCUT2D eigenvalue weighted by atomic mass is 31.2. The number of hydrazine groups is 1. The van der Waals surface area contributed by atoms with Gasteiger partial charge in [-0.3, -0.25) is 28.7 Å². The third-order valence-electron chi connectivity index (χ3n) is 6.01. The van der Waals surface area contributed by atoms with E-state index in [0.29, 0.717) is 25.1 Å². The van der Waals surface area contributed by atoms with Gasteiger partial charge in [-0.25, -0.2) is 14.4 Å². The molecule has 2 aromatic rings. The second-order valence-corrected chi connectivity index (χ2v) is 10.4. The fourth-order valence-corrected chi connectivity index (χ4v) is 5.02. The van der Waals surface area contributed by atoms with Crippen LogP contribution in [-0.4, -0.2) is 53.7 Å². The van der Waals surface area contributed by atoms with E-state index < -0.39 is 25.7 Å². The number of nitrogens with one attached hydrogen (secondary N) is 1. The molecule has 1 unspecified atom stereocenters. The molecule has 39 heavy (non-hydrogen) atoms. The van der Waals surface area contributed by atoms with Gasteiger partial charge in [0, 0.05) is 19.8 Å². The molecule has 1 aliphatic heterocycles. The number of nitrogens with zero attached hydrogens (tertiary/aromatic N) is 3. The van der Waals surface area contributed by atoms with Crippen LogP contribution in [0.25, 0.3) is 0 Å². The highest BCUT2D eigenvalue weighted by Crippen LogP contribution is 2.50. The summed E-state index contributed by atoms with van der Waals surface area (Å²) in [4.78, 5) is 36.5. The molecule has 0 saturated carbocycles. The Kier molecular flexibility index (Phi) is 11.6. The summed E-state index contributed by atoms with van der Waals surface area (Å²) < 4.78 is 29.1. The number of amides is 1. The van der Waals surface area contributed by atoms with Crippen molar-refractivity contribution in [2.24, 2.45) is 0 Å². The van der Waals surface area contributed by atoms with Gasteiger partial charge in [-0.1, -0.05) is 61.7 Å². The molecule has 0 radical (unpaired) electrons. The van der Waals surface area contributed by atoms with Crippen molar-refractivity contribution in [3.05, 3.63) is 71.7 Å². The van der Waals surface area contributed by atoms with E-state index in [1.54, 1.807) is 30.4 Å². The number of likely N-dealkylation sites (N-methyl/N-ethyl adjacent to an activating group) is 2. The summed E-state index contributed by atoms with van der Waals surface area (Å²) in [6.07, 6.45) is 5.95. The Morgan fingerprint density at radius 3 is 2.26 bits per heavy atom. The van der Waals surface area contributed by atoms with Crippen LogP contribution in [0.15, 0.2) is 66.1 Å². The Balaban J connectivity index is 2.02. The van der Waals surface area contributed by atoms with E-state index >= 15 is 0 Å². The molecule has 1 aromatic heterocycles. The first-order valence-electron chi connectivity index (χ1n) is 13.2. The number of phosphoric ester groups is 1. The van der Waals surface area contributed by atoms with E-state index in [2.05, 4.69) is 10.3 Å². The van der Waals surface area contributed by atoms with Crippen LogP contribution in [0.5, 0.6) is 0 Å². The first-order chi connectivity index (χ1) is 18.8. The van der Waals surface area contributed by atoms with E-state index in [1.165, 1.54) is 11.2 Å². The maximum absolute atomic E-state index is 13.7. The van der Waals surface area contributed by atoms with Crippen molar-refractivity contribution in [1.29, 1.82) is 0 Å². The number of anilines is 1. The summed E-state index contributed by atoms with van der Waals surface area (Å²) in [5, 5.41) is 6.22. The number of carbonyl (C=O) groups is 2. The van der Waals surface area contributed by atoms with Gasteiger partial charge in [-0.05, 0) is 37.5 Å². The number of hydrogen-bond acceptors (Lipinski definition) is 10. The lowest BCUT2D eigenvalue weighted by molar-refractivity contribution is -0.222. The second kappa shape index (κ2) is 14.9. The van der Waals surface area contributed by atoms with E-state index in [9.17, 15) is 14.2 Å². The summed E-state index contributed by atoms with van der Waals surface area (Å²) in [6.45, 7) is 6.30. The highest BCUT2D eigenvalue weighted by Gasteiger charge is 2.43. The number of hydrogen-bond donors (Lipinski definition) is 1. The van der Waals surface area contributed by atoms with E-state index in [-0.39, 0.29) is 24.5 Å². The predicted octanol–water partition coefficient (Wildman–Crippen LogP) is 5.41. The Morgan fingerprint density at radius 1 is 1.03 bits per heavy atom. The molecule has 3 rings (SSSR count). The minimum Gasteiger partial charge on any atom is -0.349 e. The lowest BCUT2D eigenvalue weighted by Crippen LogP contribution is -2.53. The van der Waals surface area contributed by atoms with Crippen LogP contribution in [-0.2, 0) is 32.8 Å². The zero-order valence-corrected chi connectivity index (χ0v) is 23.8. The molecule has 0 fully saturated rings. The number of benzene rings is 1. The molecule has 0 spiro atoms. The van der Waals surface area contributed by atoms with Crippen molar-refractivity contribution >= 4 is 25.4 Å². The fourth-order valence-electron chi connectivity index (χ4n) is 4.00. The van der Waals surface area contributed by atoms with Crippen LogP contribution in [0.3, 0.4) is 0 Å². The van der Waals surface area contributed by atoms with Crippen molar-refractivity contribution in [3.63, 3.8) is 0 Å². The van der Waals surface area contributed by atoms with Gasteiger partial charge in [-0.15, -0.1) is 0 Å². The maximum atomic E-state index is 13.7. The van der Waals surface area contributed by atoms with Gasteiger partial charge in [-0.2, -0.15) is 0 Å². The number of unbranched alkanes of at least 4 members (excludes halogenated alkanes) is 2. The first-order valence-corrected chi connectivity index (χ1v) is 14.6. The normalized spacial score (nSPS) is 16.5. The zero-order valence-electron chi connectivity index (χ0n) is 22.9. The second-order valence-electron chi connectivity index (χ2n) is 8.83. The topological polar surface area (TPSA) is 120 Å². The molecule has 0 saturated heterocycles. The number of phosphoric acid groups is 1. The molecule has 0 aliphatic carbocycles. The van der Waals surface area contributed by atoms with Gasteiger partial charge >= 0.3 is 13.8 Å². The standard InChI is InChI=1S/C27H37N4O7P/c1-5-8-18-35-39(34,36-19-9-6-2)38-37-27(33)23-24(29-22-16-13-17-28-20-22)26(32)31(7-3)30(4)25(23)21-14-11-10-12-15-21/h10-17,20,25,29H,5-9,18-19H2,1-4H3. The van der Waals surface area contributed by atoms with Gasteiger partial charge in [0.1, 0.15) is 5.70 Å². The Bertz CT molecular complexity index is 1150. The Morgan fingerprint density at radius 2 is 1.69 bits per heavy atom. The van der Waals surface area contributed by atoms with E-state index in [0.717, 1.165) is 18.4 Å². The van der Waals surface area contributed by atoms with E-state index in [1.807, 2.05) is 51.1 Å². The van der Waals surface area contributed by atoms with Crippen molar-refractivity contribution in [2.45, 2.75) is 52.5 Å². The third kappa shape index (κ3) is 7.97. The summed E-state index contributed by atoms with van der Waals surface area (Å²) in [6, 6.07) is 11.9. The molecule has 1 aromatic carbocycles. The quantitative estimate of drug-likeness (QED) is 0.131.